The normalized spacial score (nSPS) is 10.5. The Morgan fingerprint density at radius 2 is 1.90 bits per heavy atom. The summed E-state index contributed by atoms with van der Waals surface area (Å²) in [6, 6.07) is 4.63. The van der Waals surface area contributed by atoms with E-state index in [9.17, 15) is 9.18 Å². The number of anilines is 2. The molecule has 0 saturated heterocycles. The van der Waals surface area contributed by atoms with Crippen molar-refractivity contribution >= 4 is 17.3 Å². The topological polar surface area (TPSA) is 76.8 Å². The first-order valence-electron chi connectivity index (χ1n) is 6.64. The lowest BCUT2D eigenvalue weighted by molar-refractivity contribution is -0.114. The Labute approximate surface area is 124 Å². The van der Waals surface area contributed by atoms with E-state index in [-0.39, 0.29) is 12.2 Å². The van der Waals surface area contributed by atoms with Crippen LogP contribution in [0.15, 0.2) is 18.2 Å². The first kappa shape index (κ1) is 17.4. The van der Waals surface area contributed by atoms with Gasteiger partial charge in [0.15, 0.2) is 0 Å². The first-order chi connectivity index (χ1) is 10.1. The molecule has 6 nitrogen and oxygen atoms in total. The number of hydrogen-bond donors (Lipinski definition) is 2. The summed E-state index contributed by atoms with van der Waals surface area (Å²) in [7, 11) is 3.22. The van der Waals surface area contributed by atoms with Gasteiger partial charge in [0.2, 0.25) is 5.91 Å². The number of benzene rings is 1. The fourth-order valence-corrected chi connectivity index (χ4v) is 1.78. The molecule has 0 aliphatic rings. The summed E-state index contributed by atoms with van der Waals surface area (Å²) in [5, 5.41) is 2.41. The highest BCUT2D eigenvalue weighted by atomic mass is 19.1. The minimum absolute atomic E-state index is 0.118. The molecule has 0 fully saturated rings. The predicted molar refractivity (Wildman–Crippen MR) is 80.0 cm³/mol. The SMILES string of the molecule is COCCN(CCOC)c1ccc(NC(=O)CN)c(F)c1. The number of ether oxygens (including phenoxy) is 2. The van der Waals surface area contributed by atoms with E-state index >= 15 is 0 Å². The number of halogens is 1. The fraction of sp³-hybridized carbons (Fsp3) is 0.500. The van der Waals surface area contributed by atoms with Crippen molar-refractivity contribution < 1.29 is 18.7 Å². The summed E-state index contributed by atoms with van der Waals surface area (Å²) in [6.07, 6.45) is 0. The van der Waals surface area contributed by atoms with Crippen molar-refractivity contribution in [3.05, 3.63) is 24.0 Å². The Balaban J connectivity index is 2.83. The smallest absolute Gasteiger partial charge is 0.238 e. The number of nitrogens with one attached hydrogen (secondary N) is 1. The summed E-state index contributed by atoms with van der Waals surface area (Å²) < 4.78 is 24.1. The van der Waals surface area contributed by atoms with Gasteiger partial charge in [-0.2, -0.15) is 0 Å². The Kier molecular flexibility index (Phi) is 7.66. The zero-order chi connectivity index (χ0) is 15.7. The minimum Gasteiger partial charge on any atom is -0.383 e. The average molecular weight is 299 g/mol. The first-order valence-corrected chi connectivity index (χ1v) is 6.64. The van der Waals surface area contributed by atoms with Crippen molar-refractivity contribution in [3.63, 3.8) is 0 Å². The lowest BCUT2D eigenvalue weighted by atomic mass is 10.2. The predicted octanol–water partition coefficient (Wildman–Crippen LogP) is 0.822. The van der Waals surface area contributed by atoms with Gasteiger partial charge in [-0.1, -0.05) is 0 Å². The van der Waals surface area contributed by atoms with Crippen LogP contribution in [0.4, 0.5) is 15.8 Å². The quantitative estimate of drug-likeness (QED) is 0.706. The highest BCUT2D eigenvalue weighted by molar-refractivity contribution is 5.92. The second-order valence-corrected chi connectivity index (χ2v) is 4.39. The Morgan fingerprint density at radius 1 is 1.29 bits per heavy atom. The van der Waals surface area contributed by atoms with Crippen LogP contribution < -0.4 is 16.0 Å². The van der Waals surface area contributed by atoms with Crippen molar-refractivity contribution in [2.45, 2.75) is 0 Å². The number of carbonyl (C=O) groups is 1. The van der Waals surface area contributed by atoms with Crippen LogP contribution in [0.1, 0.15) is 0 Å². The van der Waals surface area contributed by atoms with Crippen LogP contribution in [0, 0.1) is 5.82 Å². The molecule has 0 aromatic heterocycles. The second-order valence-electron chi connectivity index (χ2n) is 4.39. The summed E-state index contributed by atoms with van der Waals surface area (Å²) in [4.78, 5) is 13.1. The molecule has 1 rings (SSSR count). The molecule has 0 spiro atoms. The van der Waals surface area contributed by atoms with Crippen molar-refractivity contribution in [2.75, 3.05) is 57.3 Å². The van der Waals surface area contributed by atoms with Crippen molar-refractivity contribution in [1.29, 1.82) is 0 Å². The molecule has 118 valence electrons. The third-order valence-corrected chi connectivity index (χ3v) is 2.91. The number of rotatable bonds is 9. The van der Waals surface area contributed by atoms with E-state index in [0.29, 0.717) is 32.0 Å². The molecule has 3 N–H and O–H groups in total. The van der Waals surface area contributed by atoms with Crippen molar-refractivity contribution in [1.82, 2.24) is 0 Å². The third kappa shape index (κ3) is 5.66. The molecule has 0 unspecified atom stereocenters. The molecule has 0 bridgehead atoms. The molecule has 1 aromatic carbocycles. The number of nitrogens with zero attached hydrogens (tertiary/aromatic N) is 1. The van der Waals surface area contributed by atoms with E-state index in [2.05, 4.69) is 5.32 Å². The molecule has 0 heterocycles. The second kappa shape index (κ2) is 9.28. The van der Waals surface area contributed by atoms with Gasteiger partial charge in [-0.05, 0) is 18.2 Å². The largest absolute Gasteiger partial charge is 0.383 e. The van der Waals surface area contributed by atoms with Crippen LogP contribution in [0.3, 0.4) is 0 Å². The van der Waals surface area contributed by atoms with Crippen molar-refractivity contribution in [3.8, 4) is 0 Å². The van der Waals surface area contributed by atoms with Crippen LogP contribution in [0.25, 0.3) is 0 Å². The van der Waals surface area contributed by atoms with E-state index in [1.807, 2.05) is 4.90 Å². The molecule has 0 atom stereocenters. The van der Waals surface area contributed by atoms with E-state index in [1.165, 1.54) is 12.1 Å². The summed E-state index contributed by atoms with van der Waals surface area (Å²) in [5.41, 5.74) is 6.01. The minimum atomic E-state index is -0.505. The highest BCUT2D eigenvalue weighted by Gasteiger charge is 2.11. The van der Waals surface area contributed by atoms with Crippen LogP contribution in [0.5, 0.6) is 0 Å². The summed E-state index contributed by atoms with van der Waals surface area (Å²) in [6.45, 7) is 2.10. The Morgan fingerprint density at radius 3 is 2.38 bits per heavy atom. The summed E-state index contributed by atoms with van der Waals surface area (Å²) in [5.74, 6) is -0.939. The zero-order valence-electron chi connectivity index (χ0n) is 12.4. The lowest BCUT2D eigenvalue weighted by Crippen LogP contribution is -2.30. The molecule has 1 amide bonds. The molecule has 0 radical (unpaired) electrons. The molecule has 0 aliphatic carbocycles. The highest BCUT2D eigenvalue weighted by Crippen LogP contribution is 2.22. The fourth-order valence-electron chi connectivity index (χ4n) is 1.78. The van der Waals surface area contributed by atoms with E-state index in [4.69, 9.17) is 15.2 Å². The monoisotopic (exact) mass is 299 g/mol. The van der Waals surface area contributed by atoms with Gasteiger partial charge in [-0.25, -0.2) is 4.39 Å². The van der Waals surface area contributed by atoms with Crippen molar-refractivity contribution in [2.24, 2.45) is 5.73 Å². The van der Waals surface area contributed by atoms with Gasteiger partial charge in [-0.15, -0.1) is 0 Å². The number of hydrogen-bond acceptors (Lipinski definition) is 5. The number of amides is 1. The number of carbonyl (C=O) groups excluding carboxylic acids is 1. The maximum Gasteiger partial charge on any atom is 0.238 e. The van der Waals surface area contributed by atoms with Gasteiger partial charge < -0.3 is 25.4 Å². The molecule has 1 aromatic rings. The van der Waals surface area contributed by atoms with Crippen LogP contribution in [0.2, 0.25) is 0 Å². The lowest BCUT2D eigenvalue weighted by Gasteiger charge is -2.24. The van der Waals surface area contributed by atoms with Gasteiger partial charge in [0.1, 0.15) is 5.82 Å². The third-order valence-electron chi connectivity index (χ3n) is 2.91. The Bertz CT molecular complexity index is 449. The van der Waals surface area contributed by atoms with Gasteiger partial charge in [0.05, 0.1) is 25.4 Å². The average Bonchev–Trinajstić information content (AvgIpc) is 2.49. The molecule has 21 heavy (non-hydrogen) atoms. The molecular weight excluding hydrogens is 277 g/mol. The van der Waals surface area contributed by atoms with Crippen LogP contribution >= 0.6 is 0 Å². The van der Waals surface area contributed by atoms with E-state index < -0.39 is 11.7 Å². The molecule has 0 aliphatic heterocycles. The zero-order valence-corrected chi connectivity index (χ0v) is 12.4. The van der Waals surface area contributed by atoms with Crippen LogP contribution in [-0.2, 0) is 14.3 Å². The maximum absolute atomic E-state index is 14.0. The van der Waals surface area contributed by atoms with Gasteiger partial charge in [-0.3, -0.25) is 4.79 Å². The molecule has 7 heteroatoms. The molecular formula is C14H22FN3O3. The van der Waals surface area contributed by atoms with E-state index in [1.54, 1.807) is 20.3 Å². The molecule has 0 saturated carbocycles. The van der Waals surface area contributed by atoms with Gasteiger partial charge >= 0.3 is 0 Å². The van der Waals surface area contributed by atoms with Crippen LogP contribution in [-0.4, -0.2) is 53.0 Å². The standard InChI is InChI=1S/C14H22FN3O3/c1-20-7-5-18(6-8-21-2)11-3-4-13(12(15)9-11)17-14(19)10-16/h3-4,9H,5-8,10,16H2,1-2H3,(H,17,19). The van der Waals surface area contributed by atoms with E-state index in [0.717, 1.165) is 0 Å². The Hall–Kier alpha value is -1.70. The van der Waals surface area contributed by atoms with Gasteiger partial charge in [0.25, 0.3) is 0 Å². The maximum atomic E-state index is 14.0. The summed E-state index contributed by atoms with van der Waals surface area (Å²) >= 11 is 0. The number of nitrogens with two attached hydrogens (primary N) is 1. The van der Waals surface area contributed by atoms with Gasteiger partial charge in [0, 0.05) is 33.0 Å². The number of methoxy groups -OCH3 is 2.